The third-order valence-corrected chi connectivity index (χ3v) is 5.72. The van der Waals surface area contributed by atoms with Crippen LogP contribution >= 0.6 is 11.8 Å². The SMILES string of the molecule is OCC1S[C@@H](Oc2ccccc2Cc2ccccc2)C(O)[C@@H](O)[C@H]1O. The van der Waals surface area contributed by atoms with Crippen LogP contribution in [0.25, 0.3) is 0 Å². The van der Waals surface area contributed by atoms with Crippen molar-refractivity contribution in [1.29, 1.82) is 0 Å². The van der Waals surface area contributed by atoms with Gasteiger partial charge < -0.3 is 25.2 Å². The molecule has 0 radical (unpaired) electrons. The topological polar surface area (TPSA) is 90.2 Å². The van der Waals surface area contributed by atoms with Crippen molar-refractivity contribution in [3.8, 4) is 5.75 Å². The summed E-state index contributed by atoms with van der Waals surface area (Å²) in [5.41, 5.74) is 1.33. The van der Waals surface area contributed by atoms with Crippen molar-refractivity contribution >= 4 is 11.8 Å². The molecule has 0 spiro atoms. The molecule has 6 heteroatoms. The van der Waals surface area contributed by atoms with Gasteiger partial charge in [-0.3, -0.25) is 0 Å². The Morgan fingerprint density at radius 2 is 1.52 bits per heavy atom. The predicted molar refractivity (Wildman–Crippen MR) is 96.6 cm³/mol. The Morgan fingerprint density at radius 3 is 2.24 bits per heavy atom. The molecule has 0 saturated carbocycles. The quantitative estimate of drug-likeness (QED) is 0.639. The average Bonchev–Trinajstić information content (AvgIpc) is 2.64. The fourth-order valence-corrected chi connectivity index (χ4v) is 4.10. The zero-order valence-corrected chi connectivity index (χ0v) is 14.4. The molecule has 1 aliphatic heterocycles. The summed E-state index contributed by atoms with van der Waals surface area (Å²) in [6, 6.07) is 17.5. The van der Waals surface area contributed by atoms with Crippen molar-refractivity contribution in [2.45, 2.75) is 35.4 Å². The van der Waals surface area contributed by atoms with Crippen LogP contribution < -0.4 is 4.74 Å². The first-order valence-corrected chi connectivity index (χ1v) is 9.13. The highest BCUT2D eigenvalue weighted by molar-refractivity contribution is 8.00. The summed E-state index contributed by atoms with van der Waals surface area (Å²) in [6.45, 7) is -0.304. The van der Waals surface area contributed by atoms with Gasteiger partial charge >= 0.3 is 0 Å². The number of benzene rings is 2. The average molecular weight is 362 g/mol. The smallest absolute Gasteiger partial charge is 0.173 e. The highest BCUT2D eigenvalue weighted by Crippen LogP contribution is 2.35. The molecule has 0 bridgehead atoms. The van der Waals surface area contributed by atoms with E-state index in [1.807, 2.05) is 54.6 Å². The van der Waals surface area contributed by atoms with E-state index in [1.54, 1.807) is 0 Å². The van der Waals surface area contributed by atoms with Crippen molar-refractivity contribution < 1.29 is 25.2 Å². The molecule has 5 nitrogen and oxygen atoms in total. The van der Waals surface area contributed by atoms with Crippen LogP contribution in [0.2, 0.25) is 0 Å². The second kappa shape index (κ2) is 8.21. The lowest BCUT2D eigenvalue weighted by atomic mass is 10.0. The molecular weight excluding hydrogens is 340 g/mol. The van der Waals surface area contributed by atoms with Crippen molar-refractivity contribution in [3.05, 3.63) is 65.7 Å². The van der Waals surface area contributed by atoms with E-state index in [4.69, 9.17) is 4.74 Å². The number of para-hydroxylation sites is 1. The van der Waals surface area contributed by atoms with Gasteiger partial charge in [0, 0.05) is 6.42 Å². The normalized spacial score (nSPS) is 29.4. The van der Waals surface area contributed by atoms with Gasteiger partial charge in [-0.25, -0.2) is 0 Å². The van der Waals surface area contributed by atoms with E-state index in [9.17, 15) is 20.4 Å². The highest BCUT2D eigenvalue weighted by Gasteiger charge is 2.44. The molecule has 4 N–H and O–H groups in total. The minimum atomic E-state index is -1.36. The second-order valence-electron chi connectivity index (χ2n) is 6.09. The lowest BCUT2D eigenvalue weighted by molar-refractivity contribution is -0.0910. The molecule has 1 heterocycles. The van der Waals surface area contributed by atoms with Crippen LogP contribution in [0.5, 0.6) is 5.75 Å². The molecule has 25 heavy (non-hydrogen) atoms. The zero-order valence-electron chi connectivity index (χ0n) is 13.6. The van der Waals surface area contributed by atoms with E-state index in [-0.39, 0.29) is 6.61 Å². The number of hydrogen-bond donors (Lipinski definition) is 4. The molecule has 5 atom stereocenters. The van der Waals surface area contributed by atoms with Gasteiger partial charge in [-0.1, -0.05) is 48.5 Å². The van der Waals surface area contributed by atoms with Crippen LogP contribution in [0.15, 0.2) is 54.6 Å². The first-order chi connectivity index (χ1) is 12.1. The Balaban J connectivity index is 1.78. The minimum absolute atomic E-state index is 0.304. The molecule has 2 aromatic rings. The standard InChI is InChI=1S/C19H22O5S/c20-11-15-16(21)17(22)18(23)19(25-15)24-14-9-5-4-8-13(14)10-12-6-2-1-3-7-12/h1-9,15-23H,10-11H2/t15?,16-,17-,18?,19+/m0/s1. The van der Waals surface area contributed by atoms with Gasteiger partial charge in [-0.15, -0.1) is 11.8 Å². The Labute approximate surface area is 150 Å². The maximum Gasteiger partial charge on any atom is 0.173 e. The maximum absolute atomic E-state index is 10.2. The molecule has 2 unspecified atom stereocenters. The summed E-state index contributed by atoms with van der Waals surface area (Å²) in [6.07, 6.45) is -3.11. The predicted octanol–water partition coefficient (Wildman–Crippen LogP) is 1.17. The summed E-state index contributed by atoms with van der Waals surface area (Å²) in [5, 5.41) is 38.9. The van der Waals surface area contributed by atoms with E-state index < -0.39 is 29.0 Å². The summed E-state index contributed by atoms with van der Waals surface area (Å²) in [5.74, 6) is 0.614. The van der Waals surface area contributed by atoms with Crippen LogP contribution in [-0.4, -0.2) is 56.0 Å². The largest absolute Gasteiger partial charge is 0.477 e. The van der Waals surface area contributed by atoms with E-state index in [0.717, 1.165) is 22.9 Å². The monoisotopic (exact) mass is 362 g/mol. The van der Waals surface area contributed by atoms with Crippen LogP contribution in [0, 0.1) is 0 Å². The number of hydrogen-bond acceptors (Lipinski definition) is 6. The van der Waals surface area contributed by atoms with E-state index in [2.05, 4.69) is 0 Å². The summed E-state index contributed by atoms with van der Waals surface area (Å²) < 4.78 is 5.95. The number of aliphatic hydroxyl groups excluding tert-OH is 4. The van der Waals surface area contributed by atoms with Crippen LogP contribution in [0.1, 0.15) is 11.1 Å². The molecule has 2 aromatic carbocycles. The molecule has 0 aliphatic carbocycles. The van der Waals surface area contributed by atoms with Crippen molar-refractivity contribution in [3.63, 3.8) is 0 Å². The minimum Gasteiger partial charge on any atom is -0.477 e. The number of rotatable bonds is 5. The Morgan fingerprint density at radius 1 is 0.840 bits per heavy atom. The van der Waals surface area contributed by atoms with E-state index in [1.165, 1.54) is 0 Å². The fourth-order valence-electron chi connectivity index (χ4n) is 2.87. The second-order valence-corrected chi connectivity index (χ2v) is 7.43. The molecule has 1 aliphatic rings. The Bertz CT molecular complexity index is 679. The van der Waals surface area contributed by atoms with Crippen molar-refractivity contribution in [1.82, 2.24) is 0 Å². The zero-order chi connectivity index (χ0) is 17.8. The van der Waals surface area contributed by atoms with Gasteiger partial charge in [-0.05, 0) is 17.2 Å². The summed E-state index contributed by atoms with van der Waals surface area (Å²) in [7, 11) is 0. The van der Waals surface area contributed by atoms with Crippen LogP contribution in [-0.2, 0) is 6.42 Å². The number of thioether (sulfide) groups is 1. The molecule has 1 saturated heterocycles. The molecular formula is C19H22O5S. The Hall–Kier alpha value is -1.57. The van der Waals surface area contributed by atoms with Gasteiger partial charge in [-0.2, -0.15) is 0 Å². The van der Waals surface area contributed by atoms with Gasteiger partial charge in [0.25, 0.3) is 0 Å². The first-order valence-electron chi connectivity index (χ1n) is 8.19. The molecule has 0 amide bonds. The molecule has 0 aromatic heterocycles. The molecule has 3 rings (SSSR count). The van der Waals surface area contributed by atoms with E-state index >= 15 is 0 Å². The molecule has 134 valence electrons. The van der Waals surface area contributed by atoms with Crippen LogP contribution in [0.3, 0.4) is 0 Å². The third-order valence-electron chi connectivity index (χ3n) is 4.30. The van der Waals surface area contributed by atoms with E-state index in [0.29, 0.717) is 12.2 Å². The first kappa shape index (κ1) is 18.2. The maximum atomic E-state index is 10.2. The van der Waals surface area contributed by atoms with Gasteiger partial charge in [0.2, 0.25) is 0 Å². The fraction of sp³-hybridized carbons (Fsp3) is 0.368. The van der Waals surface area contributed by atoms with Gasteiger partial charge in [0.1, 0.15) is 18.0 Å². The van der Waals surface area contributed by atoms with Crippen LogP contribution in [0.4, 0.5) is 0 Å². The lowest BCUT2D eigenvalue weighted by Crippen LogP contribution is -2.55. The summed E-state index contributed by atoms with van der Waals surface area (Å²) >= 11 is 1.13. The van der Waals surface area contributed by atoms with Gasteiger partial charge in [0.05, 0.1) is 18.0 Å². The Kier molecular flexibility index (Phi) is 5.98. The number of aliphatic hydroxyl groups is 4. The lowest BCUT2D eigenvalue weighted by Gasteiger charge is -2.39. The van der Waals surface area contributed by atoms with Crippen molar-refractivity contribution in [2.24, 2.45) is 0 Å². The third kappa shape index (κ3) is 4.16. The molecule has 1 fully saturated rings. The van der Waals surface area contributed by atoms with Crippen molar-refractivity contribution in [2.75, 3.05) is 6.61 Å². The highest BCUT2D eigenvalue weighted by atomic mass is 32.2. The van der Waals surface area contributed by atoms with Gasteiger partial charge in [0.15, 0.2) is 5.44 Å². The number of ether oxygens (including phenoxy) is 1. The summed E-state index contributed by atoms with van der Waals surface area (Å²) in [4.78, 5) is 0.